The minimum atomic E-state index is 0.190. The molecule has 17 heavy (non-hydrogen) atoms. The van der Waals surface area contributed by atoms with Crippen LogP contribution in [-0.4, -0.2) is 26.8 Å². The SMILES string of the molecule is COc1ccc(C(C)CC=O)c(SC)c1OC. The van der Waals surface area contributed by atoms with Crippen molar-refractivity contribution in [3.63, 3.8) is 0 Å². The highest BCUT2D eigenvalue weighted by Gasteiger charge is 2.17. The van der Waals surface area contributed by atoms with Crippen LogP contribution < -0.4 is 9.47 Å². The monoisotopic (exact) mass is 254 g/mol. The number of benzene rings is 1. The van der Waals surface area contributed by atoms with Gasteiger partial charge in [0.25, 0.3) is 0 Å². The summed E-state index contributed by atoms with van der Waals surface area (Å²) < 4.78 is 10.7. The van der Waals surface area contributed by atoms with Gasteiger partial charge in [-0.05, 0) is 23.8 Å². The lowest BCUT2D eigenvalue weighted by Gasteiger charge is -2.18. The molecule has 1 atom stereocenters. The van der Waals surface area contributed by atoms with Crippen molar-refractivity contribution in [1.82, 2.24) is 0 Å². The average molecular weight is 254 g/mol. The third-order valence-corrected chi connectivity index (χ3v) is 3.54. The van der Waals surface area contributed by atoms with Crippen LogP contribution in [0.25, 0.3) is 0 Å². The molecule has 0 spiro atoms. The second-order valence-corrected chi connectivity index (χ2v) is 4.54. The lowest BCUT2D eigenvalue weighted by molar-refractivity contribution is -0.108. The van der Waals surface area contributed by atoms with E-state index < -0.39 is 0 Å². The van der Waals surface area contributed by atoms with E-state index in [2.05, 4.69) is 0 Å². The standard InChI is InChI=1S/C13H18O3S/c1-9(7-8-14)10-5-6-11(15-2)12(16-3)13(10)17-4/h5-6,8-9H,7H2,1-4H3. The minimum absolute atomic E-state index is 0.190. The van der Waals surface area contributed by atoms with E-state index in [9.17, 15) is 4.79 Å². The fourth-order valence-corrected chi connectivity index (χ4v) is 2.66. The summed E-state index contributed by atoms with van der Waals surface area (Å²) in [5.74, 6) is 1.66. The predicted molar refractivity (Wildman–Crippen MR) is 70.4 cm³/mol. The van der Waals surface area contributed by atoms with Crippen molar-refractivity contribution in [2.45, 2.75) is 24.2 Å². The average Bonchev–Trinajstić information content (AvgIpc) is 2.36. The number of carbonyl (C=O) groups excluding carboxylic acids is 1. The molecule has 0 aromatic heterocycles. The predicted octanol–water partition coefficient (Wildman–Crippen LogP) is 3.12. The molecule has 0 bridgehead atoms. The highest BCUT2D eigenvalue weighted by molar-refractivity contribution is 7.98. The number of thioether (sulfide) groups is 1. The number of methoxy groups -OCH3 is 2. The second-order valence-electron chi connectivity index (χ2n) is 3.73. The normalized spacial score (nSPS) is 12.0. The van der Waals surface area contributed by atoms with Crippen LogP contribution in [0.4, 0.5) is 0 Å². The van der Waals surface area contributed by atoms with Crippen LogP contribution in [0.5, 0.6) is 11.5 Å². The van der Waals surface area contributed by atoms with E-state index in [0.717, 1.165) is 28.2 Å². The van der Waals surface area contributed by atoms with Gasteiger partial charge >= 0.3 is 0 Å². The Morgan fingerprint density at radius 1 is 1.35 bits per heavy atom. The molecule has 0 saturated carbocycles. The van der Waals surface area contributed by atoms with Crippen LogP contribution in [0.15, 0.2) is 17.0 Å². The highest BCUT2D eigenvalue weighted by Crippen LogP contribution is 2.42. The smallest absolute Gasteiger partial charge is 0.174 e. The first-order valence-electron chi connectivity index (χ1n) is 5.42. The van der Waals surface area contributed by atoms with Crippen LogP contribution in [-0.2, 0) is 4.79 Å². The molecule has 0 fully saturated rings. The first-order valence-corrected chi connectivity index (χ1v) is 6.64. The summed E-state index contributed by atoms with van der Waals surface area (Å²) in [6.45, 7) is 2.04. The zero-order valence-corrected chi connectivity index (χ0v) is 11.5. The van der Waals surface area contributed by atoms with E-state index in [1.54, 1.807) is 26.0 Å². The molecule has 0 aliphatic heterocycles. The zero-order chi connectivity index (χ0) is 12.8. The van der Waals surface area contributed by atoms with Gasteiger partial charge in [-0.25, -0.2) is 0 Å². The van der Waals surface area contributed by atoms with Crippen LogP contribution in [0.2, 0.25) is 0 Å². The number of hydrogen-bond donors (Lipinski definition) is 0. The van der Waals surface area contributed by atoms with Crippen molar-refractivity contribution in [2.75, 3.05) is 20.5 Å². The maximum absolute atomic E-state index is 10.6. The summed E-state index contributed by atoms with van der Waals surface area (Å²) in [5.41, 5.74) is 1.13. The number of ether oxygens (including phenoxy) is 2. The molecule has 1 unspecified atom stereocenters. The van der Waals surface area contributed by atoms with Gasteiger partial charge in [0.05, 0.1) is 19.1 Å². The number of hydrogen-bond acceptors (Lipinski definition) is 4. The molecular formula is C13H18O3S. The van der Waals surface area contributed by atoms with Crippen molar-refractivity contribution < 1.29 is 14.3 Å². The van der Waals surface area contributed by atoms with Gasteiger partial charge in [0.1, 0.15) is 6.29 Å². The first-order chi connectivity index (χ1) is 8.19. The Labute approximate surface area is 106 Å². The molecule has 94 valence electrons. The Balaban J connectivity index is 3.27. The summed E-state index contributed by atoms with van der Waals surface area (Å²) in [6.07, 6.45) is 3.46. The van der Waals surface area contributed by atoms with Crippen LogP contribution in [0, 0.1) is 0 Å². The molecular weight excluding hydrogens is 236 g/mol. The summed E-state index contributed by atoms with van der Waals surface area (Å²) in [6, 6.07) is 3.89. The molecule has 0 amide bonds. The Bertz CT molecular complexity index is 390. The van der Waals surface area contributed by atoms with Gasteiger partial charge in [-0.1, -0.05) is 13.0 Å². The van der Waals surface area contributed by atoms with Gasteiger partial charge in [-0.2, -0.15) is 0 Å². The summed E-state index contributed by atoms with van der Waals surface area (Å²) in [5, 5.41) is 0. The van der Waals surface area contributed by atoms with E-state index in [1.165, 1.54) is 0 Å². The van der Waals surface area contributed by atoms with E-state index in [1.807, 2.05) is 25.3 Å². The first kappa shape index (κ1) is 13.9. The Hall–Kier alpha value is -1.16. The van der Waals surface area contributed by atoms with E-state index in [4.69, 9.17) is 9.47 Å². The van der Waals surface area contributed by atoms with Gasteiger partial charge in [0.2, 0.25) is 0 Å². The van der Waals surface area contributed by atoms with Gasteiger partial charge in [0, 0.05) is 6.42 Å². The van der Waals surface area contributed by atoms with Crippen LogP contribution >= 0.6 is 11.8 Å². The Morgan fingerprint density at radius 3 is 2.53 bits per heavy atom. The molecule has 0 N–H and O–H groups in total. The molecule has 0 aliphatic rings. The molecule has 0 heterocycles. The van der Waals surface area contributed by atoms with Gasteiger partial charge in [-0.15, -0.1) is 11.8 Å². The minimum Gasteiger partial charge on any atom is -0.493 e. The number of aldehydes is 1. The fourth-order valence-electron chi connectivity index (χ4n) is 1.78. The van der Waals surface area contributed by atoms with Gasteiger partial charge in [0.15, 0.2) is 11.5 Å². The van der Waals surface area contributed by atoms with Crippen molar-refractivity contribution in [1.29, 1.82) is 0 Å². The fraction of sp³-hybridized carbons (Fsp3) is 0.462. The summed E-state index contributed by atoms with van der Waals surface area (Å²) in [4.78, 5) is 11.6. The van der Waals surface area contributed by atoms with Gasteiger partial charge in [-0.3, -0.25) is 0 Å². The molecule has 0 saturated heterocycles. The molecule has 1 aromatic rings. The second kappa shape index (κ2) is 6.55. The number of rotatable bonds is 6. The maximum atomic E-state index is 10.6. The van der Waals surface area contributed by atoms with E-state index >= 15 is 0 Å². The molecule has 0 radical (unpaired) electrons. The van der Waals surface area contributed by atoms with Crippen LogP contribution in [0.1, 0.15) is 24.8 Å². The van der Waals surface area contributed by atoms with E-state index in [-0.39, 0.29) is 5.92 Å². The largest absolute Gasteiger partial charge is 0.493 e. The van der Waals surface area contributed by atoms with Gasteiger partial charge < -0.3 is 14.3 Å². The van der Waals surface area contributed by atoms with Crippen molar-refractivity contribution >= 4 is 18.0 Å². The summed E-state index contributed by atoms with van der Waals surface area (Å²) in [7, 11) is 3.25. The zero-order valence-electron chi connectivity index (χ0n) is 10.6. The topological polar surface area (TPSA) is 35.5 Å². The Morgan fingerprint density at radius 2 is 2.06 bits per heavy atom. The van der Waals surface area contributed by atoms with E-state index in [0.29, 0.717) is 6.42 Å². The van der Waals surface area contributed by atoms with Crippen LogP contribution in [0.3, 0.4) is 0 Å². The lowest BCUT2D eigenvalue weighted by Crippen LogP contribution is -2.00. The number of carbonyl (C=O) groups is 1. The van der Waals surface area contributed by atoms with Crippen molar-refractivity contribution in [2.24, 2.45) is 0 Å². The molecule has 3 nitrogen and oxygen atoms in total. The molecule has 1 rings (SSSR count). The lowest BCUT2D eigenvalue weighted by atomic mass is 9.98. The third-order valence-electron chi connectivity index (χ3n) is 2.72. The molecule has 1 aromatic carbocycles. The molecule has 4 heteroatoms. The third kappa shape index (κ3) is 2.94. The maximum Gasteiger partial charge on any atom is 0.174 e. The quantitative estimate of drug-likeness (QED) is 0.577. The van der Waals surface area contributed by atoms with Crippen molar-refractivity contribution in [3.05, 3.63) is 17.7 Å². The molecule has 0 aliphatic carbocycles. The van der Waals surface area contributed by atoms with Crippen molar-refractivity contribution in [3.8, 4) is 11.5 Å². The highest BCUT2D eigenvalue weighted by atomic mass is 32.2. The Kier molecular flexibility index (Phi) is 5.35. The summed E-state index contributed by atoms with van der Waals surface area (Å²) >= 11 is 1.61.